The Balaban J connectivity index is 1.63. The Bertz CT molecular complexity index is 867. The highest BCUT2D eigenvalue weighted by Gasteiger charge is 2.21. The average molecular weight is 350 g/mol. The fourth-order valence-corrected chi connectivity index (χ4v) is 3.20. The smallest absolute Gasteiger partial charge is 0.239 e. The van der Waals surface area contributed by atoms with Crippen LogP contribution in [0.3, 0.4) is 0 Å². The number of likely N-dealkylation sites (N-methyl/N-ethyl adjacent to an activating group) is 1. The first-order chi connectivity index (χ1) is 12.5. The number of fused-ring (bicyclic) bond motifs is 1. The minimum atomic E-state index is -0.299. The van der Waals surface area contributed by atoms with Crippen molar-refractivity contribution in [2.75, 3.05) is 7.05 Å². The van der Waals surface area contributed by atoms with Crippen molar-refractivity contribution in [2.45, 2.75) is 39.4 Å². The Labute approximate surface area is 154 Å². The highest BCUT2D eigenvalue weighted by Crippen LogP contribution is 2.24. The summed E-state index contributed by atoms with van der Waals surface area (Å²) in [5, 5.41) is 4.43. The van der Waals surface area contributed by atoms with Gasteiger partial charge in [0, 0.05) is 19.0 Å². The molecule has 0 fully saturated rings. The van der Waals surface area contributed by atoms with E-state index in [0.717, 1.165) is 16.7 Å². The fourth-order valence-electron chi connectivity index (χ4n) is 3.20. The van der Waals surface area contributed by atoms with Gasteiger partial charge in [-0.15, -0.1) is 0 Å². The van der Waals surface area contributed by atoms with Gasteiger partial charge in [0.15, 0.2) is 0 Å². The molecule has 0 aliphatic rings. The van der Waals surface area contributed by atoms with Crippen molar-refractivity contribution in [2.24, 2.45) is 0 Å². The molecule has 3 aromatic rings. The standard InChI is InChI=1S/C22H26N2O2/c1-15-9-5-6-11-19(15)14-24(4)22(25)17(3)23-16(2)21-13-18-10-7-8-12-20(18)26-21/h5-13,16-17,23H,14H2,1-4H3. The molecule has 26 heavy (non-hydrogen) atoms. The van der Waals surface area contributed by atoms with E-state index in [1.807, 2.05) is 63.4 Å². The van der Waals surface area contributed by atoms with Gasteiger partial charge in [0.05, 0.1) is 12.1 Å². The van der Waals surface area contributed by atoms with Crippen LogP contribution in [0.15, 0.2) is 59.0 Å². The van der Waals surface area contributed by atoms with Gasteiger partial charge < -0.3 is 9.32 Å². The molecular formula is C22H26N2O2. The van der Waals surface area contributed by atoms with Crippen LogP contribution in [0.25, 0.3) is 11.0 Å². The summed E-state index contributed by atoms with van der Waals surface area (Å²) in [6, 6.07) is 17.8. The summed E-state index contributed by atoms with van der Waals surface area (Å²) >= 11 is 0. The highest BCUT2D eigenvalue weighted by atomic mass is 16.3. The molecule has 2 atom stereocenters. The largest absolute Gasteiger partial charge is 0.459 e. The maximum absolute atomic E-state index is 12.7. The topological polar surface area (TPSA) is 45.5 Å². The van der Waals surface area contributed by atoms with Crippen molar-refractivity contribution < 1.29 is 9.21 Å². The quantitative estimate of drug-likeness (QED) is 0.715. The van der Waals surface area contributed by atoms with Crippen LogP contribution in [0, 0.1) is 6.92 Å². The van der Waals surface area contributed by atoms with Gasteiger partial charge in [0.1, 0.15) is 11.3 Å². The van der Waals surface area contributed by atoms with E-state index >= 15 is 0 Å². The Kier molecular flexibility index (Phi) is 5.43. The first-order valence-corrected chi connectivity index (χ1v) is 8.99. The first kappa shape index (κ1) is 18.2. The van der Waals surface area contributed by atoms with E-state index < -0.39 is 0 Å². The summed E-state index contributed by atoms with van der Waals surface area (Å²) in [4.78, 5) is 14.5. The Morgan fingerprint density at radius 2 is 1.81 bits per heavy atom. The normalized spacial score (nSPS) is 13.5. The second-order valence-electron chi connectivity index (χ2n) is 6.92. The highest BCUT2D eigenvalue weighted by molar-refractivity contribution is 5.81. The zero-order chi connectivity index (χ0) is 18.7. The molecule has 4 nitrogen and oxygen atoms in total. The number of rotatable bonds is 6. The minimum absolute atomic E-state index is 0.0480. The third-order valence-electron chi connectivity index (χ3n) is 4.79. The van der Waals surface area contributed by atoms with Crippen molar-refractivity contribution >= 4 is 16.9 Å². The van der Waals surface area contributed by atoms with Gasteiger partial charge in [-0.3, -0.25) is 10.1 Å². The van der Waals surface area contributed by atoms with Gasteiger partial charge in [-0.05, 0) is 44.0 Å². The number of nitrogens with zero attached hydrogens (tertiary/aromatic N) is 1. The molecule has 0 saturated heterocycles. The number of nitrogens with one attached hydrogen (secondary N) is 1. The van der Waals surface area contributed by atoms with Gasteiger partial charge >= 0.3 is 0 Å². The summed E-state index contributed by atoms with van der Waals surface area (Å²) in [5.74, 6) is 0.906. The molecule has 0 saturated carbocycles. The molecule has 2 unspecified atom stereocenters. The maximum Gasteiger partial charge on any atom is 0.239 e. The van der Waals surface area contributed by atoms with Crippen molar-refractivity contribution in [3.63, 3.8) is 0 Å². The van der Waals surface area contributed by atoms with E-state index in [4.69, 9.17) is 4.42 Å². The number of hydrogen-bond donors (Lipinski definition) is 1. The van der Waals surface area contributed by atoms with Gasteiger partial charge in [-0.2, -0.15) is 0 Å². The number of carbonyl (C=O) groups is 1. The number of hydrogen-bond acceptors (Lipinski definition) is 3. The zero-order valence-electron chi connectivity index (χ0n) is 15.8. The lowest BCUT2D eigenvalue weighted by Gasteiger charge is -2.24. The molecule has 1 heterocycles. The first-order valence-electron chi connectivity index (χ1n) is 8.99. The number of amides is 1. The average Bonchev–Trinajstić information content (AvgIpc) is 3.07. The lowest BCUT2D eigenvalue weighted by Crippen LogP contribution is -2.43. The molecule has 2 aromatic carbocycles. The van der Waals surface area contributed by atoms with Gasteiger partial charge in [-0.1, -0.05) is 42.5 Å². The predicted molar refractivity (Wildman–Crippen MR) is 105 cm³/mol. The van der Waals surface area contributed by atoms with Crippen LogP contribution >= 0.6 is 0 Å². The van der Waals surface area contributed by atoms with Gasteiger partial charge in [-0.25, -0.2) is 0 Å². The Morgan fingerprint density at radius 1 is 1.12 bits per heavy atom. The van der Waals surface area contributed by atoms with E-state index in [2.05, 4.69) is 24.4 Å². The van der Waals surface area contributed by atoms with Crippen LogP contribution in [0.5, 0.6) is 0 Å². The van der Waals surface area contributed by atoms with Crippen LogP contribution in [-0.2, 0) is 11.3 Å². The van der Waals surface area contributed by atoms with E-state index in [1.165, 1.54) is 11.1 Å². The second-order valence-corrected chi connectivity index (χ2v) is 6.92. The molecule has 0 spiro atoms. The second kappa shape index (κ2) is 7.75. The molecule has 1 aromatic heterocycles. The molecule has 0 aliphatic carbocycles. The predicted octanol–water partition coefficient (Wildman–Crippen LogP) is 4.44. The third kappa shape index (κ3) is 3.97. The van der Waals surface area contributed by atoms with Gasteiger partial charge in [0.2, 0.25) is 5.91 Å². The number of furan rings is 1. The molecule has 0 bridgehead atoms. The van der Waals surface area contributed by atoms with Crippen LogP contribution in [0.1, 0.15) is 36.8 Å². The summed E-state index contributed by atoms with van der Waals surface area (Å²) < 4.78 is 5.89. The van der Waals surface area contributed by atoms with E-state index in [0.29, 0.717) is 6.54 Å². The van der Waals surface area contributed by atoms with Gasteiger partial charge in [0.25, 0.3) is 0 Å². The fraction of sp³-hybridized carbons (Fsp3) is 0.318. The Hall–Kier alpha value is -2.59. The Morgan fingerprint density at radius 3 is 2.54 bits per heavy atom. The molecule has 1 amide bonds. The maximum atomic E-state index is 12.7. The lowest BCUT2D eigenvalue weighted by molar-refractivity contribution is -0.132. The number of aryl methyl sites for hydroxylation is 1. The number of carbonyl (C=O) groups excluding carboxylic acids is 1. The molecule has 3 rings (SSSR count). The monoisotopic (exact) mass is 350 g/mol. The van der Waals surface area contributed by atoms with Crippen LogP contribution in [0.4, 0.5) is 0 Å². The molecular weight excluding hydrogens is 324 g/mol. The summed E-state index contributed by atoms with van der Waals surface area (Å²) in [6.07, 6.45) is 0. The van der Waals surface area contributed by atoms with Crippen molar-refractivity contribution in [1.29, 1.82) is 0 Å². The lowest BCUT2D eigenvalue weighted by atomic mass is 10.1. The molecule has 0 radical (unpaired) electrons. The zero-order valence-corrected chi connectivity index (χ0v) is 15.8. The van der Waals surface area contributed by atoms with E-state index in [1.54, 1.807) is 4.90 Å². The number of benzene rings is 2. The van der Waals surface area contributed by atoms with E-state index in [9.17, 15) is 4.79 Å². The van der Waals surface area contributed by atoms with Crippen molar-refractivity contribution in [3.8, 4) is 0 Å². The SMILES string of the molecule is Cc1ccccc1CN(C)C(=O)C(C)NC(C)c1cc2ccccc2o1. The molecule has 0 aliphatic heterocycles. The van der Waals surface area contributed by atoms with Crippen LogP contribution in [-0.4, -0.2) is 23.9 Å². The summed E-state index contributed by atoms with van der Waals surface area (Å²) in [5.41, 5.74) is 3.23. The van der Waals surface area contributed by atoms with Crippen LogP contribution < -0.4 is 5.32 Å². The molecule has 1 N–H and O–H groups in total. The van der Waals surface area contributed by atoms with Crippen molar-refractivity contribution in [1.82, 2.24) is 10.2 Å². The summed E-state index contributed by atoms with van der Waals surface area (Å²) in [6.45, 7) is 6.59. The van der Waals surface area contributed by atoms with Crippen molar-refractivity contribution in [3.05, 3.63) is 71.5 Å². The van der Waals surface area contributed by atoms with E-state index in [-0.39, 0.29) is 18.0 Å². The summed E-state index contributed by atoms with van der Waals surface area (Å²) in [7, 11) is 1.85. The van der Waals surface area contributed by atoms with Crippen LogP contribution in [0.2, 0.25) is 0 Å². The third-order valence-corrected chi connectivity index (χ3v) is 4.79. The minimum Gasteiger partial charge on any atom is -0.459 e. The molecule has 136 valence electrons. The molecule has 4 heteroatoms. The number of para-hydroxylation sites is 1.